The maximum absolute atomic E-state index is 9.48. The van der Waals surface area contributed by atoms with Crippen LogP contribution in [0.15, 0.2) is 30.3 Å². The minimum atomic E-state index is -0.100. The van der Waals surface area contributed by atoms with E-state index in [9.17, 15) is 5.11 Å². The Morgan fingerprint density at radius 2 is 1.68 bits per heavy atom. The molecule has 0 amide bonds. The van der Waals surface area contributed by atoms with E-state index in [2.05, 4.69) is 5.32 Å². The summed E-state index contributed by atoms with van der Waals surface area (Å²) in [5, 5.41) is 13.9. The lowest BCUT2D eigenvalue weighted by Gasteiger charge is -2.11. The molecular formula is C14H12Cl3NO. The van der Waals surface area contributed by atoms with Crippen LogP contribution in [0.4, 0.5) is 5.69 Å². The average molecular weight is 317 g/mol. The number of benzene rings is 2. The molecule has 2 N–H and O–H groups in total. The second-order valence-electron chi connectivity index (χ2n) is 4.21. The quantitative estimate of drug-likeness (QED) is 0.756. The molecule has 0 spiro atoms. The third-order valence-corrected chi connectivity index (χ3v) is 3.62. The first-order valence-corrected chi connectivity index (χ1v) is 6.77. The molecule has 5 heteroatoms. The van der Waals surface area contributed by atoms with E-state index in [4.69, 9.17) is 34.8 Å². The van der Waals surface area contributed by atoms with Crippen LogP contribution in [0.5, 0.6) is 5.75 Å². The zero-order valence-electron chi connectivity index (χ0n) is 10.2. The number of anilines is 1. The van der Waals surface area contributed by atoms with Gasteiger partial charge in [-0.3, -0.25) is 0 Å². The molecule has 100 valence electrons. The van der Waals surface area contributed by atoms with Gasteiger partial charge in [0.15, 0.2) is 5.75 Å². The largest absolute Gasteiger partial charge is 0.505 e. The summed E-state index contributed by atoms with van der Waals surface area (Å²) >= 11 is 17.6. The molecule has 2 rings (SSSR count). The molecule has 0 aliphatic rings. The van der Waals surface area contributed by atoms with E-state index >= 15 is 0 Å². The third kappa shape index (κ3) is 3.47. The fraction of sp³-hybridized carbons (Fsp3) is 0.143. The first-order chi connectivity index (χ1) is 8.97. The topological polar surface area (TPSA) is 32.3 Å². The van der Waals surface area contributed by atoms with Gasteiger partial charge in [-0.15, -0.1) is 0 Å². The molecule has 0 saturated carbocycles. The molecule has 19 heavy (non-hydrogen) atoms. The Kier molecular flexibility index (Phi) is 4.46. The van der Waals surface area contributed by atoms with Crippen LogP contribution >= 0.6 is 34.8 Å². The van der Waals surface area contributed by atoms with Gasteiger partial charge in [0.1, 0.15) is 0 Å². The SMILES string of the molecule is Cc1cc(Cl)ccc1CNc1cc(Cl)c(O)c(Cl)c1. The van der Waals surface area contributed by atoms with Crippen molar-refractivity contribution in [2.75, 3.05) is 5.32 Å². The fourth-order valence-electron chi connectivity index (χ4n) is 1.72. The van der Waals surface area contributed by atoms with Crippen molar-refractivity contribution >= 4 is 40.5 Å². The van der Waals surface area contributed by atoms with Gasteiger partial charge in [-0.05, 0) is 42.3 Å². The second kappa shape index (κ2) is 5.91. The molecule has 0 radical (unpaired) electrons. The number of hydrogen-bond donors (Lipinski definition) is 2. The predicted octanol–water partition coefficient (Wildman–Crippen LogP) is 5.27. The number of hydrogen-bond acceptors (Lipinski definition) is 2. The van der Waals surface area contributed by atoms with Crippen molar-refractivity contribution in [3.63, 3.8) is 0 Å². The van der Waals surface area contributed by atoms with E-state index in [-0.39, 0.29) is 15.8 Å². The van der Waals surface area contributed by atoms with Crippen molar-refractivity contribution < 1.29 is 5.11 Å². The van der Waals surface area contributed by atoms with Gasteiger partial charge < -0.3 is 10.4 Å². The summed E-state index contributed by atoms with van der Waals surface area (Å²) in [6, 6.07) is 8.99. The van der Waals surface area contributed by atoms with Gasteiger partial charge in [-0.2, -0.15) is 0 Å². The molecule has 0 saturated heterocycles. The molecule has 0 atom stereocenters. The Morgan fingerprint density at radius 1 is 1.05 bits per heavy atom. The lowest BCUT2D eigenvalue weighted by Crippen LogP contribution is -2.01. The summed E-state index contributed by atoms with van der Waals surface area (Å²) < 4.78 is 0. The summed E-state index contributed by atoms with van der Waals surface area (Å²) in [6.07, 6.45) is 0. The van der Waals surface area contributed by atoms with Crippen LogP contribution in [0, 0.1) is 6.92 Å². The predicted molar refractivity (Wildman–Crippen MR) is 81.6 cm³/mol. The molecule has 0 heterocycles. The molecule has 0 aliphatic heterocycles. The normalized spacial score (nSPS) is 10.5. The molecule has 2 aromatic rings. The number of rotatable bonds is 3. The lowest BCUT2D eigenvalue weighted by molar-refractivity contribution is 0.476. The van der Waals surface area contributed by atoms with Crippen LogP contribution in [0.1, 0.15) is 11.1 Å². The number of phenolic OH excluding ortho intramolecular Hbond substituents is 1. The van der Waals surface area contributed by atoms with Crippen LogP contribution in [0.2, 0.25) is 15.1 Å². The van der Waals surface area contributed by atoms with Crippen molar-refractivity contribution in [3.05, 3.63) is 56.5 Å². The van der Waals surface area contributed by atoms with E-state index in [1.807, 2.05) is 25.1 Å². The molecule has 2 nitrogen and oxygen atoms in total. The van der Waals surface area contributed by atoms with Gasteiger partial charge >= 0.3 is 0 Å². The second-order valence-corrected chi connectivity index (χ2v) is 5.46. The summed E-state index contributed by atoms with van der Waals surface area (Å²) in [5.74, 6) is -0.100. The monoisotopic (exact) mass is 315 g/mol. The molecule has 0 bridgehead atoms. The molecule has 0 aliphatic carbocycles. The Bertz CT molecular complexity index is 591. The summed E-state index contributed by atoms with van der Waals surface area (Å²) in [6.45, 7) is 2.63. The van der Waals surface area contributed by atoms with E-state index in [1.165, 1.54) is 0 Å². The molecule has 2 aromatic carbocycles. The average Bonchev–Trinajstić information content (AvgIpc) is 2.34. The number of nitrogens with one attached hydrogen (secondary N) is 1. The maximum Gasteiger partial charge on any atom is 0.152 e. The van der Waals surface area contributed by atoms with Crippen molar-refractivity contribution in [1.82, 2.24) is 0 Å². The standard InChI is InChI=1S/C14H12Cl3NO/c1-8-4-10(15)3-2-9(8)7-18-11-5-12(16)14(19)13(17)6-11/h2-6,18-19H,7H2,1H3. The summed E-state index contributed by atoms with van der Waals surface area (Å²) in [5.41, 5.74) is 2.99. The van der Waals surface area contributed by atoms with Crippen LogP contribution < -0.4 is 5.32 Å². The van der Waals surface area contributed by atoms with E-state index in [0.717, 1.165) is 21.8 Å². The van der Waals surface area contributed by atoms with Gasteiger partial charge in [-0.1, -0.05) is 40.9 Å². The summed E-state index contributed by atoms with van der Waals surface area (Å²) in [4.78, 5) is 0. The Balaban J connectivity index is 2.14. The van der Waals surface area contributed by atoms with Crippen molar-refractivity contribution in [3.8, 4) is 5.75 Å². The number of halogens is 3. The first kappa shape index (κ1) is 14.3. The smallest absolute Gasteiger partial charge is 0.152 e. The van der Waals surface area contributed by atoms with E-state index in [1.54, 1.807) is 12.1 Å². The van der Waals surface area contributed by atoms with Crippen LogP contribution in [-0.2, 0) is 6.54 Å². The minimum absolute atomic E-state index is 0.100. The number of aryl methyl sites for hydroxylation is 1. The molecule has 0 fully saturated rings. The molecular weight excluding hydrogens is 305 g/mol. The van der Waals surface area contributed by atoms with Crippen molar-refractivity contribution in [2.24, 2.45) is 0 Å². The van der Waals surface area contributed by atoms with Crippen molar-refractivity contribution in [2.45, 2.75) is 13.5 Å². The highest BCUT2D eigenvalue weighted by atomic mass is 35.5. The van der Waals surface area contributed by atoms with Gasteiger partial charge in [0.2, 0.25) is 0 Å². The Hall–Kier alpha value is -1.09. The summed E-state index contributed by atoms with van der Waals surface area (Å²) in [7, 11) is 0. The van der Waals surface area contributed by atoms with Crippen LogP contribution in [0.25, 0.3) is 0 Å². The minimum Gasteiger partial charge on any atom is -0.505 e. The van der Waals surface area contributed by atoms with Gasteiger partial charge in [0.25, 0.3) is 0 Å². The fourth-order valence-corrected chi connectivity index (χ4v) is 2.44. The zero-order chi connectivity index (χ0) is 14.0. The maximum atomic E-state index is 9.48. The van der Waals surface area contributed by atoms with Crippen LogP contribution in [-0.4, -0.2) is 5.11 Å². The highest BCUT2D eigenvalue weighted by molar-refractivity contribution is 6.37. The van der Waals surface area contributed by atoms with Gasteiger partial charge in [0.05, 0.1) is 10.0 Å². The Labute approximate surface area is 126 Å². The third-order valence-electron chi connectivity index (χ3n) is 2.80. The van der Waals surface area contributed by atoms with Crippen molar-refractivity contribution in [1.29, 1.82) is 0 Å². The lowest BCUT2D eigenvalue weighted by atomic mass is 10.1. The highest BCUT2D eigenvalue weighted by Crippen LogP contribution is 2.34. The van der Waals surface area contributed by atoms with Gasteiger partial charge in [0, 0.05) is 17.3 Å². The van der Waals surface area contributed by atoms with E-state index < -0.39 is 0 Å². The highest BCUT2D eigenvalue weighted by Gasteiger charge is 2.07. The zero-order valence-corrected chi connectivity index (χ0v) is 12.4. The first-order valence-electron chi connectivity index (χ1n) is 5.64. The molecule has 0 unspecified atom stereocenters. The molecule has 0 aromatic heterocycles. The number of phenols is 1. The Morgan fingerprint density at radius 3 is 2.26 bits per heavy atom. The van der Waals surface area contributed by atoms with Crippen LogP contribution in [0.3, 0.4) is 0 Å². The number of aromatic hydroxyl groups is 1. The van der Waals surface area contributed by atoms with E-state index in [0.29, 0.717) is 6.54 Å². The van der Waals surface area contributed by atoms with Gasteiger partial charge in [-0.25, -0.2) is 0 Å².